The van der Waals surface area contributed by atoms with Crippen molar-refractivity contribution in [3.8, 4) is 0 Å². The fourth-order valence-electron chi connectivity index (χ4n) is 2.59. The summed E-state index contributed by atoms with van der Waals surface area (Å²) in [5.41, 5.74) is 4.26. The lowest BCUT2D eigenvalue weighted by molar-refractivity contribution is 0.234. The fourth-order valence-corrected chi connectivity index (χ4v) is 3.29. The third-order valence-corrected chi connectivity index (χ3v) is 4.77. The number of nitrogens with zero attached hydrogens (tertiary/aromatic N) is 3. The van der Waals surface area contributed by atoms with E-state index in [9.17, 15) is 4.79 Å². The molecule has 0 aliphatic heterocycles. The molecule has 0 spiro atoms. The predicted molar refractivity (Wildman–Crippen MR) is 92.8 cm³/mol. The molecule has 0 radical (unpaired) electrons. The minimum Gasteiger partial charge on any atom is -0.335 e. The predicted octanol–water partition coefficient (Wildman–Crippen LogP) is 2.79. The molecule has 2 heterocycles. The Morgan fingerprint density at radius 2 is 2.00 bits per heavy atom. The number of hydrogen-bond acceptors (Lipinski definition) is 4. The molecule has 23 heavy (non-hydrogen) atoms. The Morgan fingerprint density at radius 1 is 1.30 bits per heavy atom. The molecule has 2 aromatic rings. The van der Waals surface area contributed by atoms with Crippen LogP contribution in [0, 0.1) is 20.8 Å². The van der Waals surface area contributed by atoms with E-state index in [0.717, 1.165) is 28.5 Å². The SMILES string of the molecule is Cc1nc([C@@H](C)NC(=O)N[C@H](C)Cc2c(C)nn(C)c2C)cs1. The molecule has 2 atom stereocenters. The van der Waals surface area contributed by atoms with E-state index in [0.29, 0.717) is 0 Å². The zero-order valence-electron chi connectivity index (χ0n) is 14.6. The second-order valence-corrected chi connectivity index (χ2v) is 7.07. The van der Waals surface area contributed by atoms with Gasteiger partial charge in [0.1, 0.15) is 0 Å². The van der Waals surface area contributed by atoms with Gasteiger partial charge in [0.15, 0.2) is 0 Å². The number of amides is 2. The summed E-state index contributed by atoms with van der Waals surface area (Å²) in [6.45, 7) is 9.95. The normalized spacial score (nSPS) is 13.7. The van der Waals surface area contributed by atoms with Gasteiger partial charge in [-0.15, -0.1) is 11.3 Å². The average Bonchev–Trinajstić information content (AvgIpc) is 2.98. The monoisotopic (exact) mass is 335 g/mol. The third kappa shape index (κ3) is 4.31. The number of carbonyl (C=O) groups is 1. The van der Waals surface area contributed by atoms with Crippen LogP contribution in [0.4, 0.5) is 4.79 Å². The molecule has 0 aliphatic rings. The number of urea groups is 1. The lowest BCUT2D eigenvalue weighted by Crippen LogP contribution is -2.42. The first-order valence-corrected chi connectivity index (χ1v) is 8.64. The molecule has 2 aromatic heterocycles. The van der Waals surface area contributed by atoms with E-state index in [-0.39, 0.29) is 18.1 Å². The van der Waals surface area contributed by atoms with Crippen LogP contribution in [0.3, 0.4) is 0 Å². The van der Waals surface area contributed by atoms with Gasteiger partial charge in [-0.2, -0.15) is 5.10 Å². The first-order chi connectivity index (χ1) is 10.8. The van der Waals surface area contributed by atoms with Crippen LogP contribution in [0.2, 0.25) is 0 Å². The molecule has 126 valence electrons. The first kappa shape index (κ1) is 17.5. The second-order valence-electron chi connectivity index (χ2n) is 6.01. The number of thiazole rings is 1. The van der Waals surface area contributed by atoms with E-state index in [1.54, 1.807) is 11.3 Å². The van der Waals surface area contributed by atoms with Crippen LogP contribution >= 0.6 is 11.3 Å². The van der Waals surface area contributed by atoms with E-state index >= 15 is 0 Å². The number of aromatic nitrogens is 3. The van der Waals surface area contributed by atoms with Crippen LogP contribution in [0.5, 0.6) is 0 Å². The summed E-state index contributed by atoms with van der Waals surface area (Å²) in [7, 11) is 1.94. The zero-order valence-corrected chi connectivity index (χ0v) is 15.4. The molecule has 0 saturated carbocycles. The summed E-state index contributed by atoms with van der Waals surface area (Å²) in [6, 6.07) is -0.246. The minimum atomic E-state index is -0.171. The Kier molecular flexibility index (Phi) is 5.41. The van der Waals surface area contributed by atoms with Gasteiger partial charge in [0.2, 0.25) is 0 Å². The van der Waals surface area contributed by atoms with E-state index < -0.39 is 0 Å². The molecule has 6 nitrogen and oxygen atoms in total. The van der Waals surface area contributed by atoms with E-state index in [1.165, 1.54) is 5.56 Å². The van der Waals surface area contributed by atoms with Gasteiger partial charge in [-0.3, -0.25) is 4.68 Å². The summed E-state index contributed by atoms with van der Waals surface area (Å²) in [5.74, 6) is 0. The highest BCUT2D eigenvalue weighted by Crippen LogP contribution is 2.16. The maximum Gasteiger partial charge on any atom is 0.315 e. The molecule has 0 fully saturated rings. The molecule has 2 rings (SSSR count). The topological polar surface area (TPSA) is 71.8 Å². The summed E-state index contributed by atoms with van der Waals surface area (Å²) >= 11 is 1.59. The van der Waals surface area contributed by atoms with Gasteiger partial charge in [-0.25, -0.2) is 9.78 Å². The number of aryl methyl sites for hydroxylation is 3. The maximum atomic E-state index is 12.1. The highest BCUT2D eigenvalue weighted by atomic mass is 32.1. The number of rotatable bonds is 5. The van der Waals surface area contributed by atoms with E-state index in [2.05, 4.69) is 27.6 Å². The van der Waals surface area contributed by atoms with Gasteiger partial charge in [-0.05, 0) is 46.6 Å². The minimum absolute atomic E-state index is 0.0287. The fraction of sp³-hybridized carbons (Fsp3) is 0.562. The Hall–Kier alpha value is -1.89. The maximum absolute atomic E-state index is 12.1. The summed E-state index contributed by atoms with van der Waals surface area (Å²) in [4.78, 5) is 16.5. The van der Waals surface area contributed by atoms with Crippen molar-refractivity contribution in [2.45, 2.75) is 53.1 Å². The van der Waals surface area contributed by atoms with Crippen LogP contribution in [-0.4, -0.2) is 26.8 Å². The molecule has 2 amide bonds. The van der Waals surface area contributed by atoms with Crippen molar-refractivity contribution >= 4 is 17.4 Å². The van der Waals surface area contributed by atoms with Crippen molar-refractivity contribution in [2.24, 2.45) is 7.05 Å². The Balaban J connectivity index is 1.89. The van der Waals surface area contributed by atoms with Gasteiger partial charge in [0.25, 0.3) is 0 Å². The molecular formula is C16H25N5OS. The molecule has 0 aliphatic carbocycles. The molecule has 0 saturated heterocycles. The summed E-state index contributed by atoms with van der Waals surface area (Å²) in [5, 5.41) is 13.3. The summed E-state index contributed by atoms with van der Waals surface area (Å²) in [6.07, 6.45) is 0.767. The highest BCUT2D eigenvalue weighted by Gasteiger charge is 2.16. The van der Waals surface area contributed by atoms with Gasteiger partial charge >= 0.3 is 6.03 Å². The lowest BCUT2D eigenvalue weighted by atomic mass is 10.1. The van der Waals surface area contributed by atoms with Gasteiger partial charge in [-0.1, -0.05) is 0 Å². The van der Waals surface area contributed by atoms with Crippen molar-refractivity contribution in [3.63, 3.8) is 0 Å². The van der Waals surface area contributed by atoms with Crippen molar-refractivity contribution in [2.75, 3.05) is 0 Å². The van der Waals surface area contributed by atoms with Crippen LogP contribution in [0.15, 0.2) is 5.38 Å². The Labute approximate surface area is 141 Å². The smallest absolute Gasteiger partial charge is 0.315 e. The molecule has 7 heteroatoms. The molecule has 0 unspecified atom stereocenters. The van der Waals surface area contributed by atoms with Crippen molar-refractivity contribution in [1.82, 2.24) is 25.4 Å². The summed E-state index contributed by atoms with van der Waals surface area (Å²) < 4.78 is 1.88. The van der Waals surface area contributed by atoms with Crippen LogP contribution < -0.4 is 10.6 Å². The van der Waals surface area contributed by atoms with Crippen LogP contribution in [-0.2, 0) is 13.5 Å². The number of carbonyl (C=O) groups excluding carboxylic acids is 1. The van der Waals surface area contributed by atoms with Crippen molar-refractivity contribution in [3.05, 3.63) is 33.0 Å². The van der Waals surface area contributed by atoms with Gasteiger partial charge < -0.3 is 10.6 Å². The van der Waals surface area contributed by atoms with Crippen LogP contribution in [0.25, 0.3) is 0 Å². The largest absolute Gasteiger partial charge is 0.335 e. The standard InChI is InChI=1S/C16H25N5OS/c1-9(7-14-10(2)20-21(6)12(14)4)17-16(22)18-11(3)15-8-23-13(5)19-15/h8-9,11H,7H2,1-6H3,(H2,17,18,22)/t9-,11-/m1/s1. The van der Waals surface area contributed by atoms with Crippen molar-refractivity contribution < 1.29 is 4.79 Å². The second kappa shape index (κ2) is 7.12. The number of nitrogens with one attached hydrogen (secondary N) is 2. The molecule has 0 aromatic carbocycles. The van der Waals surface area contributed by atoms with E-state index in [4.69, 9.17) is 0 Å². The van der Waals surface area contributed by atoms with Gasteiger partial charge in [0, 0.05) is 24.2 Å². The lowest BCUT2D eigenvalue weighted by Gasteiger charge is -2.17. The average molecular weight is 335 g/mol. The third-order valence-electron chi connectivity index (χ3n) is 3.97. The van der Waals surface area contributed by atoms with Gasteiger partial charge in [0.05, 0.1) is 22.4 Å². The van der Waals surface area contributed by atoms with E-state index in [1.807, 2.05) is 44.8 Å². The van der Waals surface area contributed by atoms with Crippen molar-refractivity contribution in [1.29, 1.82) is 0 Å². The molecule has 2 N–H and O–H groups in total. The zero-order chi connectivity index (χ0) is 17.1. The van der Waals surface area contributed by atoms with Crippen LogP contribution in [0.1, 0.15) is 47.5 Å². The quantitative estimate of drug-likeness (QED) is 0.882. The Bertz CT molecular complexity index is 691. The highest BCUT2D eigenvalue weighted by molar-refractivity contribution is 7.09. The molecular weight excluding hydrogens is 310 g/mol. The number of hydrogen-bond donors (Lipinski definition) is 2. The first-order valence-electron chi connectivity index (χ1n) is 7.76. The molecule has 0 bridgehead atoms. The Morgan fingerprint density at radius 3 is 2.52 bits per heavy atom.